The molecule has 1 rings (SSSR count). The van der Waals surface area contributed by atoms with E-state index in [2.05, 4.69) is 19.2 Å². The predicted molar refractivity (Wildman–Crippen MR) is 218 cm³/mol. The average molecular weight is 774 g/mol. The number of hydrogen-bond acceptors (Lipinski definition) is 9. The summed E-state index contributed by atoms with van der Waals surface area (Å²) in [7, 11) is 0. The molecule has 8 atom stereocenters. The fourth-order valence-electron chi connectivity index (χ4n) is 7.55. The molecule has 0 spiro atoms. The average Bonchev–Trinajstić information content (AvgIpc) is 3.17. The maximum atomic E-state index is 13.0. The van der Waals surface area contributed by atoms with E-state index in [-0.39, 0.29) is 18.9 Å². The Kier molecular flexibility index (Phi) is 33.5. The summed E-state index contributed by atoms with van der Waals surface area (Å²) >= 11 is 0. The number of carbonyl (C=O) groups is 1. The van der Waals surface area contributed by atoms with Crippen LogP contribution in [0.15, 0.2) is 0 Å². The molecule has 1 heterocycles. The normalized spacial score (nSPS) is 22.0. The monoisotopic (exact) mass is 774 g/mol. The Balaban J connectivity index is 2.39. The molecule has 10 heteroatoms. The highest BCUT2D eigenvalue weighted by atomic mass is 16.7. The van der Waals surface area contributed by atoms with Crippen LogP contribution in [0.1, 0.15) is 213 Å². The van der Waals surface area contributed by atoms with Crippen molar-refractivity contribution in [1.82, 2.24) is 5.32 Å². The van der Waals surface area contributed by atoms with Gasteiger partial charge in [-0.2, -0.15) is 0 Å². The van der Waals surface area contributed by atoms with E-state index >= 15 is 0 Å². The Morgan fingerprint density at radius 1 is 0.574 bits per heavy atom. The smallest absolute Gasteiger partial charge is 0.220 e. The lowest BCUT2D eigenvalue weighted by Gasteiger charge is -2.40. The highest BCUT2D eigenvalue weighted by molar-refractivity contribution is 5.76. The zero-order chi connectivity index (χ0) is 39.7. The fourth-order valence-corrected chi connectivity index (χ4v) is 7.55. The molecule has 0 aromatic rings. The first-order chi connectivity index (χ1) is 26.3. The summed E-state index contributed by atoms with van der Waals surface area (Å²) in [4.78, 5) is 13.0. The van der Waals surface area contributed by atoms with Crippen LogP contribution in [-0.4, -0.2) is 98.7 Å². The summed E-state index contributed by atoms with van der Waals surface area (Å²) in [5.41, 5.74) is 0. The minimum Gasteiger partial charge on any atom is -0.394 e. The van der Waals surface area contributed by atoms with Crippen LogP contribution in [0.2, 0.25) is 0 Å². The standard InChI is InChI=1S/C44H87NO9/c1-3-5-7-9-11-13-15-17-18-19-21-23-25-27-29-31-33-39(48)45-36(35-53-44-43(52)42(51)41(50)38(34-46)54-44)40(49)37(47)32-30-28-26-24-22-20-16-14-12-10-8-6-4-2/h36-38,40-44,46-47,49-52H,3-35H2,1-2H3,(H,45,48)/t36-,37+,38+,40-,41-,42?,43?,44+/m0/s1. The van der Waals surface area contributed by atoms with Gasteiger partial charge in [-0.05, 0) is 12.8 Å². The molecular formula is C44H87NO9. The fraction of sp³-hybridized carbons (Fsp3) is 0.977. The second-order valence-electron chi connectivity index (χ2n) is 16.3. The van der Waals surface area contributed by atoms with Gasteiger partial charge in [-0.3, -0.25) is 4.79 Å². The van der Waals surface area contributed by atoms with Gasteiger partial charge in [0.25, 0.3) is 0 Å². The van der Waals surface area contributed by atoms with Crippen molar-refractivity contribution in [2.45, 2.75) is 262 Å². The van der Waals surface area contributed by atoms with E-state index in [4.69, 9.17) is 9.47 Å². The molecule has 10 nitrogen and oxygen atoms in total. The largest absolute Gasteiger partial charge is 0.394 e. The van der Waals surface area contributed by atoms with Crippen molar-refractivity contribution >= 4 is 5.91 Å². The molecule has 0 bridgehead atoms. The zero-order valence-corrected chi connectivity index (χ0v) is 34.9. The molecule has 1 aliphatic heterocycles. The molecule has 7 N–H and O–H groups in total. The number of aliphatic hydroxyl groups is 6. The maximum absolute atomic E-state index is 13.0. The van der Waals surface area contributed by atoms with E-state index in [0.717, 1.165) is 38.5 Å². The van der Waals surface area contributed by atoms with Gasteiger partial charge in [0, 0.05) is 6.42 Å². The topological polar surface area (TPSA) is 169 Å². The van der Waals surface area contributed by atoms with E-state index in [1.54, 1.807) is 0 Å². The van der Waals surface area contributed by atoms with Crippen molar-refractivity contribution in [3.8, 4) is 0 Å². The lowest BCUT2D eigenvalue weighted by atomic mass is 9.98. The number of aliphatic hydroxyl groups excluding tert-OH is 6. The van der Waals surface area contributed by atoms with Gasteiger partial charge in [-0.25, -0.2) is 0 Å². The molecule has 1 amide bonds. The number of carbonyl (C=O) groups excluding carboxylic acids is 1. The molecule has 0 radical (unpaired) electrons. The number of rotatable bonds is 38. The summed E-state index contributed by atoms with van der Waals surface area (Å²) in [6.07, 6.45) is 26.7. The van der Waals surface area contributed by atoms with Gasteiger partial charge >= 0.3 is 0 Å². The Morgan fingerprint density at radius 3 is 1.37 bits per heavy atom. The van der Waals surface area contributed by atoms with E-state index in [0.29, 0.717) is 6.42 Å². The minimum atomic E-state index is -1.60. The molecule has 0 saturated carbocycles. The lowest BCUT2D eigenvalue weighted by molar-refractivity contribution is -0.303. The van der Waals surface area contributed by atoms with Crippen molar-refractivity contribution in [3.05, 3.63) is 0 Å². The van der Waals surface area contributed by atoms with E-state index in [1.807, 2.05) is 0 Å². The van der Waals surface area contributed by atoms with Crippen molar-refractivity contribution in [3.63, 3.8) is 0 Å². The van der Waals surface area contributed by atoms with Gasteiger partial charge in [0.2, 0.25) is 5.91 Å². The van der Waals surface area contributed by atoms with Crippen molar-refractivity contribution < 1.29 is 44.9 Å². The number of ether oxygens (including phenoxy) is 2. The highest BCUT2D eigenvalue weighted by Gasteiger charge is 2.44. The molecule has 1 aliphatic rings. The first-order valence-electron chi connectivity index (χ1n) is 22.8. The molecule has 322 valence electrons. The first kappa shape index (κ1) is 51.2. The van der Waals surface area contributed by atoms with Crippen LogP contribution in [0.4, 0.5) is 0 Å². The van der Waals surface area contributed by atoms with Crippen LogP contribution in [-0.2, 0) is 14.3 Å². The van der Waals surface area contributed by atoms with Gasteiger partial charge < -0.3 is 45.4 Å². The number of unbranched alkanes of at least 4 members (excludes halogenated alkanes) is 27. The third-order valence-corrected chi connectivity index (χ3v) is 11.3. The van der Waals surface area contributed by atoms with Crippen LogP contribution >= 0.6 is 0 Å². The molecule has 0 aromatic heterocycles. The number of hydrogen-bond donors (Lipinski definition) is 7. The Labute approximate surface area is 330 Å². The quantitative estimate of drug-likeness (QED) is 0.0306. The van der Waals surface area contributed by atoms with Crippen LogP contribution in [0.3, 0.4) is 0 Å². The third kappa shape index (κ3) is 25.4. The summed E-state index contributed by atoms with van der Waals surface area (Å²) in [6.45, 7) is 3.61. The molecule has 54 heavy (non-hydrogen) atoms. The van der Waals surface area contributed by atoms with Gasteiger partial charge in [0.05, 0.1) is 25.4 Å². The second-order valence-corrected chi connectivity index (χ2v) is 16.3. The van der Waals surface area contributed by atoms with Crippen molar-refractivity contribution in [2.75, 3.05) is 13.2 Å². The molecule has 1 saturated heterocycles. The Bertz CT molecular complexity index is 834. The van der Waals surface area contributed by atoms with Gasteiger partial charge in [-0.1, -0.05) is 194 Å². The molecule has 0 aliphatic carbocycles. The molecule has 2 unspecified atom stereocenters. The van der Waals surface area contributed by atoms with Crippen LogP contribution in [0.25, 0.3) is 0 Å². The van der Waals surface area contributed by atoms with Crippen molar-refractivity contribution in [1.29, 1.82) is 0 Å². The SMILES string of the molecule is CCCCCCCCCCCCCCCCCCC(=O)N[C@@H](CO[C@@H]1O[C@H](CO)[C@H](O)C(O)C1O)[C@H](O)[C@H](O)CCCCCCCCCCCCCCC. The maximum Gasteiger partial charge on any atom is 0.220 e. The second kappa shape index (κ2) is 35.3. The third-order valence-electron chi connectivity index (χ3n) is 11.3. The minimum absolute atomic E-state index is 0.255. The van der Waals surface area contributed by atoms with Crippen molar-refractivity contribution in [2.24, 2.45) is 0 Å². The van der Waals surface area contributed by atoms with E-state index in [1.165, 1.54) is 148 Å². The van der Waals surface area contributed by atoms with Gasteiger partial charge in [0.15, 0.2) is 6.29 Å². The lowest BCUT2D eigenvalue weighted by Crippen LogP contribution is -2.60. The Morgan fingerprint density at radius 2 is 0.963 bits per heavy atom. The van der Waals surface area contributed by atoms with E-state index in [9.17, 15) is 35.4 Å². The summed E-state index contributed by atoms with van der Waals surface area (Å²) in [5, 5.41) is 65.1. The summed E-state index contributed by atoms with van der Waals surface area (Å²) in [6, 6.07) is -0.983. The number of nitrogens with one attached hydrogen (secondary N) is 1. The van der Waals surface area contributed by atoms with Crippen LogP contribution in [0.5, 0.6) is 0 Å². The first-order valence-corrected chi connectivity index (χ1v) is 22.8. The Hall–Kier alpha value is -0.850. The van der Waals surface area contributed by atoms with Crippen LogP contribution < -0.4 is 5.32 Å². The van der Waals surface area contributed by atoms with E-state index < -0.39 is 55.6 Å². The van der Waals surface area contributed by atoms with Crippen LogP contribution in [0, 0.1) is 0 Å². The van der Waals surface area contributed by atoms with Gasteiger partial charge in [-0.15, -0.1) is 0 Å². The zero-order valence-electron chi connectivity index (χ0n) is 34.9. The summed E-state index contributed by atoms with van der Waals surface area (Å²) in [5.74, 6) is -0.255. The molecule has 1 fully saturated rings. The number of amides is 1. The highest BCUT2D eigenvalue weighted by Crippen LogP contribution is 2.23. The predicted octanol–water partition coefficient (Wildman–Crippen LogP) is 8.14. The van der Waals surface area contributed by atoms with Gasteiger partial charge in [0.1, 0.15) is 30.5 Å². The summed E-state index contributed by atoms with van der Waals surface area (Å²) < 4.78 is 11.2. The molecule has 0 aromatic carbocycles. The molecular weight excluding hydrogens is 686 g/mol.